The van der Waals surface area contributed by atoms with Gasteiger partial charge in [0.05, 0.1) is 58.9 Å². The Labute approximate surface area is 201 Å². The Morgan fingerprint density at radius 3 is 2.53 bits per heavy atom. The smallest absolute Gasteiger partial charge is 0.189 e. The first kappa shape index (κ1) is 25.7. The number of H-pyrrole nitrogens is 1. The highest BCUT2D eigenvalue weighted by molar-refractivity contribution is 6.23. The summed E-state index contributed by atoms with van der Waals surface area (Å²) in [4.78, 5) is 19.4. The molecular weight excluding hydrogens is 462 g/mol. The molecule has 0 saturated carbocycles. The van der Waals surface area contributed by atoms with E-state index in [1.807, 2.05) is 28.8 Å². The first-order valence-corrected chi connectivity index (χ1v) is 10.9. The van der Waals surface area contributed by atoms with Crippen molar-refractivity contribution in [2.75, 3.05) is 53.0 Å². The molecule has 11 heteroatoms. The van der Waals surface area contributed by atoms with Crippen molar-refractivity contribution >= 4 is 45.0 Å². The van der Waals surface area contributed by atoms with Crippen LogP contribution in [0, 0.1) is 0 Å². The molecule has 0 aliphatic carbocycles. The zero-order chi connectivity index (χ0) is 23.5. The Balaban J connectivity index is 0.00000324. The van der Waals surface area contributed by atoms with Crippen molar-refractivity contribution in [1.29, 1.82) is 0 Å². The lowest BCUT2D eigenvalue weighted by molar-refractivity contribution is 0.216. The Morgan fingerprint density at radius 1 is 1.00 bits per heavy atom. The number of aromatic amines is 1. The number of nitrogens with zero attached hydrogens (tertiary/aromatic N) is 3. The zero-order valence-corrected chi connectivity index (χ0v) is 19.7. The molecule has 0 fully saturated rings. The van der Waals surface area contributed by atoms with Crippen LogP contribution in [0.15, 0.2) is 34.1 Å². The number of benzene rings is 3. The number of aliphatic hydroxyl groups excluding tert-OH is 2. The molecule has 0 bridgehead atoms. The van der Waals surface area contributed by atoms with E-state index >= 15 is 0 Å². The molecule has 0 unspecified atom stereocenters. The molecule has 1 heterocycles. The molecule has 0 saturated heterocycles. The summed E-state index contributed by atoms with van der Waals surface area (Å²) in [5.41, 5.74) is 1.03. The molecule has 4 aromatic rings. The molecule has 0 radical (unpaired) electrons. The number of halogens is 1. The van der Waals surface area contributed by atoms with E-state index in [2.05, 4.69) is 15.4 Å². The minimum Gasteiger partial charge on any atom is -0.507 e. The number of aromatic hydroxyl groups is 2. The number of likely N-dealkylation sites (N-methyl/N-ethyl adjacent to an activating group) is 1. The molecular formula is C23H30ClN5O5. The Morgan fingerprint density at radius 2 is 1.79 bits per heavy atom. The predicted octanol–water partition coefficient (Wildman–Crippen LogP) is 0.314. The quantitative estimate of drug-likeness (QED) is 0.138. The van der Waals surface area contributed by atoms with Gasteiger partial charge in [0.25, 0.3) is 0 Å². The number of phenolic OH excluding ortho intramolecular Hbond substituents is 2. The maximum Gasteiger partial charge on any atom is 0.189 e. The summed E-state index contributed by atoms with van der Waals surface area (Å²) in [5.74, 6) is -0.354. The fourth-order valence-electron chi connectivity index (χ4n) is 4.24. The number of rotatable bonds is 10. The van der Waals surface area contributed by atoms with Gasteiger partial charge in [0.1, 0.15) is 11.5 Å². The minimum atomic E-state index is -0.303. The number of phenols is 2. The van der Waals surface area contributed by atoms with Crippen molar-refractivity contribution in [3.63, 3.8) is 0 Å². The van der Waals surface area contributed by atoms with Crippen LogP contribution in [0.1, 0.15) is 0 Å². The normalized spacial score (nSPS) is 12.4. The van der Waals surface area contributed by atoms with Gasteiger partial charge < -0.3 is 30.6 Å². The second kappa shape index (κ2) is 11.0. The molecule has 3 aromatic carbocycles. The van der Waals surface area contributed by atoms with E-state index < -0.39 is 0 Å². The summed E-state index contributed by atoms with van der Waals surface area (Å²) in [5, 5.41) is 48.2. The standard InChI is InChI=1S/C23H29N5O5.ClH/c1-27(11-13-30)9-10-28-15-3-2-14(25-7-6-24-8-12-29)18-19(15)22(26-28)20-16(31)4-5-17(32)21(20)23(18)33;/h2-5,24,26,29-30,32-33H,6-13H2,1H3;1H. The van der Waals surface area contributed by atoms with Crippen LogP contribution in [-0.2, 0) is 6.54 Å². The van der Waals surface area contributed by atoms with Crippen LogP contribution < -0.4 is 16.1 Å². The van der Waals surface area contributed by atoms with Gasteiger partial charge in [-0.25, -0.2) is 0 Å². The molecule has 34 heavy (non-hydrogen) atoms. The van der Waals surface area contributed by atoms with Gasteiger partial charge >= 0.3 is 0 Å². The number of hydrogen-bond acceptors (Lipinski definition) is 8. The van der Waals surface area contributed by atoms with Crippen LogP contribution >= 0.6 is 12.4 Å². The highest BCUT2D eigenvalue weighted by Crippen LogP contribution is 2.41. The highest BCUT2D eigenvalue weighted by Gasteiger charge is 2.22. The summed E-state index contributed by atoms with van der Waals surface area (Å²) < 4.78 is 1.90. The molecule has 6 N–H and O–H groups in total. The van der Waals surface area contributed by atoms with Crippen molar-refractivity contribution in [3.05, 3.63) is 39.8 Å². The van der Waals surface area contributed by atoms with Gasteiger partial charge in [0.15, 0.2) is 5.43 Å². The van der Waals surface area contributed by atoms with E-state index in [4.69, 9.17) is 10.2 Å². The maximum atomic E-state index is 12.8. The molecule has 1 aromatic heterocycles. The summed E-state index contributed by atoms with van der Waals surface area (Å²) >= 11 is 0. The van der Waals surface area contributed by atoms with Gasteiger partial charge in [-0.2, -0.15) is 0 Å². The van der Waals surface area contributed by atoms with Gasteiger partial charge in [-0.1, -0.05) is 0 Å². The summed E-state index contributed by atoms with van der Waals surface area (Å²) in [6.07, 6.45) is 0. The number of nitrogens with one attached hydrogen (secondary N) is 2. The van der Waals surface area contributed by atoms with E-state index in [1.54, 1.807) is 0 Å². The first-order chi connectivity index (χ1) is 16.0. The molecule has 10 nitrogen and oxygen atoms in total. The van der Waals surface area contributed by atoms with Gasteiger partial charge in [-0.05, 0) is 31.3 Å². The fourth-order valence-corrected chi connectivity index (χ4v) is 4.24. The number of aromatic nitrogens is 2. The third-order valence-corrected chi connectivity index (χ3v) is 5.86. The van der Waals surface area contributed by atoms with E-state index in [0.717, 1.165) is 5.52 Å². The monoisotopic (exact) mass is 491 g/mol. The lowest BCUT2D eigenvalue weighted by Gasteiger charge is -2.15. The summed E-state index contributed by atoms with van der Waals surface area (Å²) in [7, 11) is 1.91. The van der Waals surface area contributed by atoms with Crippen molar-refractivity contribution in [3.8, 4) is 11.5 Å². The SMILES string of the molecule is CN(CCO)CCn1[nH]c2c3c(=O)ccc(O)c3c(O)c3c(=NCCNCCO)ccc1c32.Cl. The van der Waals surface area contributed by atoms with E-state index in [0.29, 0.717) is 60.9 Å². The van der Waals surface area contributed by atoms with Crippen LogP contribution in [0.3, 0.4) is 0 Å². The second-order valence-corrected chi connectivity index (χ2v) is 8.06. The first-order valence-electron chi connectivity index (χ1n) is 10.9. The number of fused-ring (bicyclic) bond motifs is 2. The van der Waals surface area contributed by atoms with Crippen LogP contribution in [-0.4, -0.2) is 88.1 Å². The van der Waals surface area contributed by atoms with Crippen LogP contribution in [0.25, 0.3) is 32.6 Å². The third-order valence-electron chi connectivity index (χ3n) is 5.86. The van der Waals surface area contributed by atoms with E-state index in [9.17, 15) is 15.0 Å². The van der Waals surface area contributed by atoms with Gasteiger partial charge in [-0.15, -0.1) is 12.4 Å². The topological polar surface area (TPSA) is 146 Å². The third kappa shape index (κ3) is 4.68. The highest BCUT2D eigenvalue weighted by atomic mass is 35.5. The Kier molecular flexibility index (Phi) is 8.34. The summed E-state index contributed by atoms with van der Waals surface area (Å²) in [6, 6.07) is 6.30. The lowest BCUT2D eigenvalue weighted by atomic mass is 9.99. The minimum absolute atomic E-state index is 0. The van der Waals surface area contributed by atoms with Crippen molar-refractivity contribution in [2.45, 2.75) is 6.54 Å². The number of aliphatic hydroxyl groups is 2. The van der Waals surface area contributed by atoms with Crippen molar-refractivity contribution in [2.24, 2.45) is 4.99 Å². The van der Waals surface area contributed by atoms with E-state index in [-0.39, 0.29) is 53.3 Å². The average molecular weight is 492 g/mol. The van der Waals surface area contributed by atoms with Crippen molar-refractivity contribution < 1.29 is 20.4 Å². The molecule has 4 rings (SSSR count). The number of hydrogen-bond donors (Lipinski definition) is 6. The van der Waals surface area contributed by atoms with Crippen LogP contribution in [0.5, 0.6) is 11.5 Å². The zero-order valence-electron chi connectivity index (χ0n) is 18.9. The lowest BCUT2D eigenvalue weighted by Crippen LogP contribution is -2.26. The van der Waals surface area contributed by atoms with Gasteiger partial charge in [-0.3, -0.25) is 19.6 Å². The Bertz CT molecular complexity index is 1400. The van der Waals surface area contributed by atoms with Gasteiger partial charge in [0.2, 0.25) is 0 Å². The van der Waals surface area contributed by atoms with Crippen LogP contribution in [0.2, 0.25) is 0 Å². The van der Waals surface area contributed by atoms with Crippen LogP contribution in [0.4, 0.5) is 0 Å². The molecule has 0 atom stereocenters. The van der Waals surface area contributed by atoms with E-state index in [1.165, 1.54) is 12.1 Å². The largest absolute Gasteiger partial charge is 0.507 e. The maximum absolute atomic E-state index is 12.8. The second-order valence-electron chi connectivity index (χ2n) is 8.06. The summed E-state index contributed by atoms with van der Waals surface area (Å²) in [6.45, 7) is 3.33. The fraction of sp³-hybridized carbons (Fsp3) is 0.391. The average Bonchev–Trinajstić information content (AvgIpc) is 3.16. The van der Waals surface area contributed by atoms with Crippen molar-refractivity contribution in [1.82, 2.24) is 20.0 Å². The Hall–Kier alpha value is -2.89. The molecule has 0 aliphatic heterocycles. The molecule has 184 valence electrons. The van der Waals surface area contributed by atoms with Gasteiger partial charge in [0, 0.05) is 31.6 Å². The molecule has 0 amide bonds. The molecule has 0 aliphatic rings. The predicted molar refractivity (Wildman–Crippen MR) is 134 cm³/mol. The molecule has 0 spiro atoms.